The van der Waals surface area contributed by atoms with Crippen LogP contribution in [0.5, 0.6) is 0 Å². The van der Waals surface area contributed by atoms with E-state index in [9.17, 15) is 40.2 Å². The first-order valence-electron chi connectivity index (χ1n) is 7.96. The molecule has 2 saturated heterocycles. The number of esters is 1. The summed E-state index contributed by atoms with van der Waals surface area (Å²) in [6, 6.07) is 0. The van der Waals surface area contributed by atoms with Crippen LogP contribution in [0.3, 0.4) is 0 Å². The maximum Gasteiger partial charge on any atom is 0.335 e. The van der Waals surface area contributed by atoms with Gasteiger partial charge in [-0.15, -0.1) is 0 Å². The van der Waals surface area contributed by atoms with Crippen LogP contribution >= 0.6 is 0 Å². The molecule has 27 heavy (non-hydrogen) atoms. The third-order valence-corrected chi connectivity index (χ3v) is 4.22. The fourth-order valence-electron chi connectivity index (χ4n) is 2.86. The van der Waals surface area contributed by atoms with Gasteiger partial charge in [0.05, 0.1) is 6.61 Å². The van der Waals surface area contributed by atoms with Crippen LogP contribution in [0.2, 0.25) is 0 Å². The van der Waals surface area contributed by atoms with Crippen molar-refractivity contribution in [2.45, 2.75) is 68.3 Å². The van der Waals surface area contributed by atoms with Gasteiger partial charge < -0.3 is 54.7 Å². The second kappa shape index (κ2) is 8.72. The summed E-state index contributed by atoms with van der Waals surface area (Å²) < 4.78 is 20.0. The molecule has 0 aliphatic carbocycles. The molecule has 10 unspecified atom stereocenters. The van der Waals surface area contributed by atoms with Crippen LogP contribution in [0, 0.1) is 0 Å². The maximum atomic E-state index is 11.1. The lowest BCUT2D eigenvalue weighted by Crippen LogP contribution is -2.65. The van der Waals surface area contributed by atoms with Gasteiger partial charge in [-0.25, -0.2) is 4.79 Å². The lowest BCUT2D eigenvalue weighted by Gasteiger charge is -2.45. The Hall–Kier alpha value is -1.42. The Morgan fingerprint density at radius 3 is 2.07 bits per heavy atom. The highest BCUT2D eigenvalue weighted by atomic mass is 16.7. The number of aliphatic hydroxyl groups is 6. The van der Waals surface area contributed by atoms with Crippen LogP contribution in [0.25, 0.3) is 0 Å². The summed E-state index contributed by atoms with van der Waals surface area (Å²) in [7, 11) is 0. The van der Waals surface area contributed by atoms with E-state index in [4.69, 9.17) is 24.1 Å². The van der Waals surface area contributed by atoms with E-state index in [1.165, 1.54) is 0 Å². The monoisotopic (exact) mass is 398 g/mol. The zero-order valence-corrected chi connectivity index (χ0v) is 14.1. The summed E-state index contributed by atoms with van der Waals surface area (Å²) in [5.41, 5.74) is 0. The minimum absolute atomic E-state index is 0.776. The minimum atomic E-state index is -1.95. The zero-order chi connectivity index (χ0) is 20.5. The summed E-state index contributed by atoms with van der Waals surface area (Å²) in [5.74, 6) is -2.50. The summed E-state index contributed by atoms with van der Waals surface area (Å²) in [6.45, 7) is 0.235. The van der Waals surface area contributed by atoms with Crippen molar-refractivity contribution in [1.82, 2.24) is 0 Å². The molecule has 7 N–H and O–H groups in total. The average Bonchev–Trinajstić information content (AvgIpc) is 2.60. The molecule has 0 amide bonds. The Labute approximate surface area is 152 Å². The van der Waals surface area contributed by atoms with E-state index < -0.39 is 80.0 Å². The number of aliphatic carboxylic acids is 1. The van der Waals surface area contributed by atoms with Crippen LogP contribution in [-0.4, -0.2) is 116 Å². The third-order valence-electron chi connectivity index (χ3n) is 4.22. The minimum Gasteiger partial charge on any atom is -0.479 e. The second-order valence-corrected chi connectivity index (χ2v) is 6.15. The first-order valence-corrected chi connectivity index (χ1v) is 7.96. The van der Waals surface area contributed by atoms with Gasteiger partial charge in [-0.1, -0.05) is 0 Å². The molecule has 2 aliphatic rings. The van der Waals surface area contributed by atoms with Crippen molar-refractivity contribution < 1.29 is 64.3 Å². The smallest absolute Gasteiger partial charge is 0.335 e. The van der Waals surface area contributed by atoms with E-state index >= 15 is 0 Å². The number of rotatable bonds is 5. The standard InChI is InChI=1S/C14H22O13/c1-3(16)24-11-8(20)9(4(2-15)25-13(11)23)26-14-7(19)5(17)6(18)10(27-14)12(21)22/h4-11,13-15,17-20,23H,2H2,1H3,(H,21,22). The predicted octanol–water partition coefficient (Wildman–Crippen LogP) is -4.73. The van der Waals surface area contributed by atoms with Gasteiger partial charge in [0.1, 0.15) is 36.6 Å². The topological polar surface area (TPSA) is 213 Å². The molecule has 0 radical (unpaired) electrons. The second-order valence-electron chi connectivity index (χ2n) is 6.15. The predicted molar refractivity (Wildman–Crippen MR) is 78.7 cm³/mol. The van der Waals surface area contributed by atoms with Crippen molar-refractivity contribution in [2.75, 3.05) is 6.61 Å². The normalized spacial score (nSPS) is 45.3. The summed E-state index contributed by atoms with van der Waals surface area (Å²) >= 11 is 0. The molecule has 2 rings (SSSR count). The molecule has 2 aliphatic heterocycles. The molecule has 0 aromatic rings. The molecule has 13 nitrogen and oxygen atoms in total. The molecule has 10 atom stereocenters. The van der Waals surface area contributed by atoms with Gasteiger partial charge >= 0.3 is 11.9 Å². The van der Waals surface area contributed by atoms with Crippen molar-refractivity contribution in [3.05, 3.63) is 0 Å². The first kappa shape index (κ1) is 21.9. The number of carboxylic acids is 1. The van der Waals surface area contributed by atoms with Crippen molar-refractivity contribution in [3.8, 4) is 0 Å². The van der Waals surface area contributed by atoms with E-state index in [0.717, 1.165) is 6.92 Å². The van der Waals surface area contributed by atoms with E-state index in [0.29, 0.717) is 0 Å². The fourth-order valence-corrected chi connectivity index (χ4v) is 2.86. The van der Waals surface area contributed by atoms with Crippen LogP contribution in [0.4, 0.5) is 0 Å². The van der Waals surface area contributed by atoms with Crippen LogP contribution in [-0.2, 0) is 28.5 Å². The number of ether oxygens (including phenoxy) is 4. The van der Waals surface area contributed by atoms with Crippen LogP contribution in [0.1, 0.15) is 6.92 Å². The largest absolute Gasteiger partial charge is 0.479 e. The molecule has 0 aromatic heterocycles. The van der Waals surface area contributed by atoms with Crippen molar-refractivity contribution in [3.63, 3.8) is 0 Å². The number of carbonyl (C=O) groups excluding carboxylic acids is 1. The number of carbonyl (C=O) groups is 2. The van der Waals surface area contributed by atoms with Gasteiger partial charge in [0, 0.05) is 6.92 Å². The van der Waals surface area contributed by atoms with Gasteiger partial charge in [-0.2, -0.15) is 0 Å². The van der Waals surface area contributed by atoms with Crippen LogP contribution in [0.15, 0.2) is 0 Å². The van der Waals surface area contributed by atoms with E-state index in [-0.39, 0.29) is 0 Å². The Morgan fingerprint density at radius 1 is 0.926 bits per heavy atom. The highest BCUT2D eigenvalue weighted by molar-refractivity contribution is 5.73. The molecule has 0 spiro atoms. The van der Waals surface area contributed by atoms with E-state index in [1.807, 2.05) is 0 Å². The molecule has 2 heterocycles. The molecule has 2 fully saturated rings. The van der Waals surface area contributed by atoms with Gasteiger partial charge in [0.15, 0.2) is 24.8 Å². The van der Waals surface area contributed by atoms with Crippen molar-refractivity contribution in [2.24, 2.45) is 0 Å². The zero-order valence-electron chi connectivity index (χ0n) is 14.1. The molecular weight excluding hydrogens is 376 g/mol. The van der Waals surface area contributed by atoms with Crippen molar-refractivity contribution >= 4 is 11.9 Å². The van der Waals surface area contributed by atoms with Crippen molar-refractivity contribution in [1.29, 1.82) is 0 Å². The summed E-state index contributed by atoms with van der Waals surface area (Å²) in [5, 5.41) is 68.0. The molecule has 13 heteroatoms. The number of aliphatic hydroxyl groups excluding tert-OH is 6. The molecule has 0 aromatic carbocycles. The Balaban J connectivity index is 2.20. The first-order chi connectivity index (χ1) is 12.6. The summed E-state index contributed by atoms with van der Waals surface area (Å²) in [6.07, 6.45) is -17.7. The molecular formula is C14H22O13. The third kappa shape index (κ3) is 4.53. The number of carboxylic acid groups (broad SMARTS) is 1. The highest BCUT2D eigenvalue weighted by Crippen LogP contribution is 2.29. The van der Waals surface area contributed by atoms with Gasteiger partial charge in [0.2, 0.25) is 0 Å². The van der Waals surface area contributed by atoms with Gasteiger partial charge in [0.25, 0.3) is 0 Å². The SMILES string of the molecule is CC(=O)OC1C(O)OC(CO)C(OC2OC(C(=O)O)C(O)C(O)C2O)C1O. The average molecular weight is 398 g/mol. The fraction of sp³-hybridized carbons (Fsp3) is 0.857. The lowest BCUT2D eigenvalue weighted by molar-refractivity contribution is -0.351. The Bertz CT molecular complexity index is 541. The lowest BCUT2D eigenvalue weighted by atomic mass is 9.97. The maximum absolute atomic E-state index is 11.1. The van der Waals surface area contributed by atoms with Gasteiger partial charge in [-0.05, 0) is 0 Å². The Morgan fingerprint density at radius 2 is 1.56 bits per heavy atom. The van der Waals surface area contributed by atoms with E-state index in [2.05, 4.69) is 0 Å². The molecule has 156 valence electrons. The highest BCUT2D eigenvalue weighted by Gasteiger charge is 2.52. The molecule has 0 saturated carbocycles. The van der Waals surface area contributed by atoms with E-state index in [1.54, 1.807) is 0 Å². The summed E-state index contributed by atoms with van der Waals surface area (Å²) in [4.78, 5) is 22.2. The quantitative estimate of drug-likeness (QED) is 0.217. The van der Waals surface area contributed by atoms with Crippen LogP contribution < -0.4 is 0 Å². The molecule has 0 bridgehead atoms. The Kier molecular flexibility index (Phi) is 7.07. The number of hydrogen-bond donors (Lipinski definition) is 7. The van der Waals surface area contributed by atoms with Gasteiger partial charge in [-0.3, -0.25) is 4.79 Å². The number of hydrogen-bond acceptors (Lipinski definition) is 12.